The molecule has 0 rings (SSSR count). The zero-order valence-corrected chi connectivity index (χ0v) is 54.7. The van der Waals surface area contributed by atoms with Gasteiger partial charge in [0, 0.05) is 19.3 Å². The first-order chi connectivity index (χ1) is 41.0. The molecule has 0 amide bonds. The summed E-state index contributed by atoms with van der Waals surface area (Å²) in [6.07, 6.45) is 96.7. The molecule has 0 aromatic heterocycles. The van der Waals surface area contributed by atoms with Crippen molar-refractivity contribution < 1.29 is 28.6 Å². The van der Waals surface area contributed by atoms with E-state index in [0.717, 1.165) is 116 Å². The SMILES string of the molecule is CC/C=C\C/C=C\C/C=C\C/C=C\C/C=C\CCCCCCCCCC(=O)OC(COC(=O)CCCCCCCCC/C=C\C/C=C\CCCCC)COC(=O)CCCCCCCCCCCCCCC/C=C\C/C=C\CCCCCCC. The quantitative estimate of drug-likeness (QED) is 0.0261. The Bertz CT molecular complexity index is 1660. The smallest absolute Gasteiger partial charge is 0.306 e. The van der Waals surface area contributed by atoms with E-state index in [2.05, 4.69) is 130 Å². The first-order valence-corrected chi connectivity index (χ1v) is 35.4. The van der Waals surface area contributed by atoms with Gasteiger partial charge in [-0.3, -0.25) is 14.4 Å². The van der Waals surface area contributed by atoms with Crippen LogP contribution in [0.3, 0.4) is 0 Å². The first-order valence-electron chi connectivity index (χ1n) is 35.4. The van der Waals surface area contributed by atoms with Crippen molar-refractivity contribution in [2.24, 2.45) is 0 Å². The number of allylic oxidation sites excluding steroid dienone is 18. The summed E-state index contributed by atoms with van der Waals surface area (Å²) in [5.41, 5.74) is 0. The standard InChI is InChI=1S/C77H132O6/c1-4-7-10-13-16-19-22-25-28-31-33-35-37-38-40-41-43-46-49-52-55-58-61-64-67-70-76(79)82-73-74(72-81-75(78)69-66-63-60-57-54-51-48-45-30-27-24-21-18-15-12-9-6-3)83-77(80)71-68-65-62-59-56-53-50-47-44-42-39-36-34-32-29-26-23-20-17-14-11-8-5-2/h8,11,17-18,20-22,25-27,29-31,33-34,36,42,44,74H,4-7,9-10,12-16,19,23-24,28,32,35,37-41,43,45-73H2,1-3H3/b11-8-,20-17-,21-18-,25-22-,29-26-,30-27-,33-31-,36-34-,44-42-. The molecule has 0 spiro atoms. The number of unbranched alkanes of at least 4 members (excludes halogenated alkanes) is 35. The molecule has 0 radical (unpaired) electrons. The molecular formula is C77H132O6. The highest BCUT2D eigenvalue weighted by Gasteiger charge is 2.19. The van der Waals surface area contributed by atoms with Gasteiger partial charge in [-0.2, -0.15) is 0 Å². The van der Waals surface area contributed by atoms with Crippen LogP contribution < -0.4 is 0 Å². The molecule has 0 saturated heterocycles. The van der Waals surface area contributed by atoms with E-state index in [1.54, 1.807) is 0 Å². The Morgan fingerprint density at radius 1 is 0.253 bits per heavy atom. The highest BCUT2D eigenvalue weighted by Crippen LogP contribution is 2.17. The summed E-state index contributed by atoms with van der Waals surface area (Å²) in [7, 11) is 0. The summed E-state index contributed by atoms with van der Waals surface area (Å²) in [6.45, 7) is 6.51. The fraction of sp³-hybridized carbons (Fsp3) is 0.727. The van der Waals surface area contributed by atoms with E-state index < -0.39 is 6.10 Å². The lowest BCUT2D eigenvalue weighted by atomic mass is 10.0. The second-order valence-corrected chi connectivity index (χ2v) is 23.4. The van der Waals surface area contributed by atoms with Crippen molar-refractivity contribution in [3.63, 3.8) is 0 Å². The third kappa shape index (κ3) is 68.7. The normalized spacial score (nSPS) is 12.8. The van der Waals surface area contributed by atoms with E-state index in [0.29, 0.717) is 19.3 Å². The molecule has 83 heavy (non-hydrogen) atoms. The lowest BCUT2D eigenvalue weighted by molar-refractivity contribution is -0.167. The number of esters is 3. The number of carbonyl (C=O) groups is 3. The molecule has 1 unspecified atom stereocenters. The van der Waals surface area contributed by atoms with Gasteiger partial charge in [-0.1, -0.05) is 304 Å². The minimum absolute atomic E-state index is 0.0851. The van der Waals surface area contributed by atoms with Crippen molar-refractivity contribution in [2.45, 2.75) is 348 Å². The van der Waals surface area contributed by atoms with Crippen molar-refractivity contribution in [3.8, 4) is 0 Å². The van der Waals surface area contributed by atoms with Crippen LogP contribution in [0.1, 0.15) is 342 Å². The van der Waals surface area contributed by atoms with E-state index in [4.69, 9.17) is 14.2 Å². The topological polar surface area (TPSA) is 78.9 Å². The molecule has 6 heteroatoms. The summed E-state index contributed by atoms with van der Waals surface area (Å²) >= 11 is 0. The van der Waals surface area contributed by atoms with E-state index in [1.807, 2.05) is 0 Å². The van der Waals surface area contributed by atoms with Gasteiger partial charge in [0.25, 0.3) is 0 Å². The molecule has 0 aliphatic carbocycles. The summed E-state index contributed by atoms with van der Waals surface area (Å²) in [5, 5.41) is 0. The number of carbonyl (C=O) groups excluding carboxylic acids is 3. The van der Waals surface area contributed by atoms with Crippen LogP contribution in [0, 0.1) is 0 Å². The third-order valence-electron chi connectivity index (χ3n) is 15.2. The van der Waals surface area contributed by atoms with E-state index in [-0.39, 0.29) is 31.1 Å². The van der Waals surface area contributed by atoms with E-state index >= 15 is 0 Å². The Labute approximate surface area is 514 Å². The maximum absolute atomic E-state index is 13.0. The molecule has 0 aromatic carbocycles. The van der Waals surface area contributed by atoms with Gasteiger partial charge < -0.3 is 14.2 Å². The monoisotopic (exact) mass is 1150 g/mol. The van der Waals surface area contributed by atoms with Crippen LogP contribution >= 0.6 is 0 Å². The summed E-state index contributed by atoms with van der Waals surface area (Å²) in [4.78, 5) is 38.5. The van der Waals surface area contributed by atoms with Crippen LogP contribution in [0.15, 0.2) is 109 Å². The zero-order chi connectivity index (χ0) is 59.9. The molecule has 0 aliphatic rings. The van der Waals surface area contributed by atoms with Crippen molar-refractivity contribution >= 4 is 17.9 Å². The maximum Gasteiger partial charge on any atom is 0.306 e. The van der Waals surface area contributed by atoms with Crippen LogP contribution in [0.2, 0.25) is 0 Å². The van der Waals surface area contributed by atoms with Crippen LogP contribution in [0.4, 0.5) is 0 Å². The molecule has 0 saturated carbocycles. The molecule has 6 nitrogen and oxygen atoms in total. The molecular weight excluding hydrogens is 1020 g/mol. The van der Waals surface area contributed by atoms with Crippen LogP contribution in [-0.4, -0.2) is 37.2 Å². The van der Waals surface area contributed by atoms with Crippen LogP contribution in [-0.2, 0) is 28.6 Å². The number of hydrogen-bond donors (Lipinski definition) is 0. The Kier molecular flexibility index (Phi) is 67.2. The fourth-order valence-corrected chi connectivity index (χ4v) is 9.94. The van der Waals surface area contributed by atoms with Crippen LogP contribution in [0.5, 0.6) is 0 Å². The average molecular weight is 1150 g/mol. The molecule has 0 heterocycles. The molecule has 0 aliphatic heterocycles. The Morgan fingerprint density at radius 3 is 0.759 bits per heavy atom. The van der Waals surface area contributed by atoms with Gasteiger partial charge in [0.1, 0.15) is 13.2 Å². The lowest BCUT2D eigenvalue weighted by Crippen LogP contribution is -2.30. The van der Waals surface area contributed by atoms with Crippen molar-refractivity contribution in [1.29, 1.82) is 0 Å². The fourth-order valence-electron chi connectivity index (χ4n) is 9.94. The van der Waals surface area contributed by atoms with E-state index in [9.17, 15) is 14.4 Å². The Morgan fingerprint density at radius 2 is 0.470 bits per heavy atom. The summed E-state index contributed by atoms with van der Waals surface area (Å²) < 4.78 is 17.0. The largest absolute Gasteiger partial charge is 0.462 e. The minimum Gasteiger partial charge on any atom is -0.462 e. The highest BCUT2D eigenvalue weighted by molar-refractivity contribution is 5.71. The van der Waals surface area contributed by atoms with Gasteiger partial charge in [0.15, 0.2) is 6.10 Å². The zero-order valence-electron chi connectivity index (χ0n) is 54.7. The van der Waals surface area contributed by atoms with Gasteiger partial charge >= 0.3 is 17.9 Å². The second kappa shape index (κ2) is 70.6. The average Bonchev–Trinajstić information content (AvgIpc) is 3.49. The van der Waals surface area contributed by atoms with E-state index in [1.165, 1.54) is 186 Å². The van der Waals surface area contributed by atoms with Crippen molar-refractivity contribution in [2.75, 3.05) is 13.2 Å². The number of rotatable bonds is 64. The van der Waals surface area contributed by atoms with Gasteiger partial charge in [-0.15, -0.1) is 0 Å². The first kappa shape index (κ1) is 79.1. The third-order valence-corrected chi connectivity index (χ3v) is 15.2. The Hall–Kier alpha value is -3.93. The Balaban J connectivity index is 4.38. The summed E-state index contributed by atoms with van der Waals surface area (Å²) in [5.74, 6) is -0.891. The molecule has 0 aromatic rings. The van der Waals surface area contributed by atoms with Gasteiger partial charge in [0.05, 0.1) is 0 Å². The van der Waals surface area contributed by atoms with Gasteiger partial charge in [-0.25, -0.2) is 0 Å². The summed E-state index contributed by atoms with van der Waals surface area (Å²) in [6, 6.07) is 0. The van der Waals surface area contributed by atoms with Gasteiger partial charge in [-0.05, 0) is 128 Å². The number of hydrogen-bond acceptors (Lipinski definition) is 6. The molecule has 0 fully saturated rings. The van der Waals surface area contributed by atoms with Crippen LogP contribution in [0.25, 0.3) is 0 Å². The minimum atomic E-state index is -0.792. The molecule has 0 bridgehead atoms. The maximum atomic E-state index is 13.0. The molecule has 476 valence electrons. The molecule has 0 N–H and O–H groups in total. The predicted molar refractivity (Wildman–Crippen MR) is 362 cm³/mol. The predicted octanol–water partition coefficient (Wildman–Crippen LogP) is 24.6. The second-order valence-electron chi connectivity index (χ2n) is 23.4. The molecule has 1 atom stereocenters. The lowest BCUT2D eigenvalue weighted by Gasteiger charge is -2.18. The van der Waals surface area contributed by atoms with Gasteiger partial charge in [0.2, 0.25) is 0 Å². The van der Waals surface area contributed by atoms with Crippen molar-refractivity contribution in [3.05, 3.63) is 109 Å². The highest BCUT2D eigenvalue weighted by atomic mass is 16.6. The number of ether oxygens (including phenoxy) is 3. The van der Waals surface area contributed by atoms with Crippen molar-refractivity contribution in [1.82, 2.24) is 0 Å².